The molecule has 8 heteroatoms. The zero-order valence-corrected chi connectivity index (χ0v) is 17.6. The van der Waals surface area contributed by atoms with E-state index in [1.807, 2.05) is 12.1 Å². The molecule has 0 spiro atoms. The Kier molecular flexibility index (Phi) is 6.51. The molecule has 0 saturated heterocycles. The van der Waals surface area contributed by atoms with Gasteiger partial charge in [-0.3, -0.25) is 4.79 Å². The van der Waals surface area contributed by atoms with Crippen LogP contribution in [0.2, 0.25) is 0 Å². The summed E-state index contributed by atoms with van der Waals surface area (Å²) in [7, 11) is 4.68. The number of methoxy groups -OCH3 is 3. The lowest BCUT2D eigenvalue weighted by Gasteiger charge is -2.20. The smallest absolute Gasteiger partial charge is 0.224 e. The van der Waals surface area contributed by atoms with Crippen LogP contribution in [-0.4, -0.2) is 40.5 Å². The summed E-state index contributed by atoms with van der Waals surface area (Å²) < 4.78 is 27.9. The van der Waals surface area contributed by atoms with Crippen molar-refractivity contribution in [1.29, 1.82) is 0 Å². The molecule has 1 amide bonds. The van der Waals surface area contributed by atoms with Crippen LogP contribution in [0.25, 0.3) is 0 Å². The van der Waals surface area contributed by atoms with Gasteiger partial charge in [-0.2, -0.15) is 0 Å². The molecular weight excluding hydrogens is 430 g/mol. The molecule has 0 aromatic heterocycles. The van der Waals surface area contributed by atoms with Crippen molar-refractivity contribution >= 4 is 27.5 Å². The molecule has 0 saturated carbocycles. The Hall–Kier alpha value is -2.61. The fraction of sp³-hybridized carbons (Fsp3) is 0.350. The van der Waals surface area contributed by atoms with Gasteiger partial charge < -0.3 is 29.0 Å². The molecule has 3 rings (SSSR count). The van der Waals surface area contributed by atoms with Crippen molar-refractivity contribution in [3.05, 3.63) is 34.3 Å². The summed E-state index contributed by atoms with van der Waals surface area (Å²) in [4.78, 5) is 12.4. The first-order valence-electron chi connectivity index (χ1n) is 8.73. The lowest BCUT2D eigenvalue weighted by atomic mass is 10.1. The predicted octanol–water partition coefficient (Wildman–Crippen LogP) is 3.82. The highest BCUT2D eigenvalue weighted by Crippen LogP contribution is 2.39. The summed E-state index contributed by atoms with van der Waals surface area (Å²) in [5.41, 5.74) is 1.55. The van der Waals surface area contributed by atoms with Gasteiger partial charge >= 0.3 is 0 Å². The van der Waals surface area contributed by atoms with E-state index in [4.69, 9.17) is 23.7 Å². The lowest BCUT2D eigenvalue weighted by Crippen LogP contribution is -2.17. The second kappa shape index (κ2) is 9.05. The number of aryl methyl sites for hydroxylation is 1. The van der Waals surface area contributed by atoms with Crippen LogP contribution in [0.3, 0.4) is 0 Å². The minimum atomic E-state index is -0.119. The minimum absolute atomic E-state index is 0.119. The molecule has 0 aliphatic carbocycles. The van der Waals surface area contributed by atoms with Crippen LogP contribution >= 0.6 is 15.9 Å². The van der Waals surface area contributed by atoms with E-state index in [9.17, 15) is 4.79 Å². The number of nitrogens with one attached hydrogen (secondary N) is 1. The van der Waals surface area contributed by atoms with Gasteiger partial charge in [0.2, 0.25) is 11.7 Å². The monoisotopic (exact) mass is 451 g/mol. The first-order valence-corrected chi connectivity index (χ1v) is 9.53. The van der Waals surface area contributed by atoms with Crippen LogP contribution in [0.15, 0.2) is 28.7 Å². The van der Waals surface area contributed by atoms with Gasteiger partial charge in [0.15, 0.2) is 23.0 Å². The molecule has 2 aromatic carbocycles. The standard InChI is InChI=1S/C20H22BrNO6/c1-24-17-8-12(9-18(25-2)20(17)26-3)4-5-19(23)22-14-11-16-15(10-13(14)21)27-6-7-28-16/h8-11H,4-7H2,1-3H3,(H,22,23). The van der Waals surface area contributed by atoms with E-state index in [1.54, 1.807) is 33.5 Å². The quantitative estimate of drug-likeness (QED) is 0.689. The van der Waals surface area contributed by atoms with E-state index >= 15 is 0 Å². The molecule has 7 nitrogen and oxygen atoms in total. The zero-order valence-electron chi connectivity index (χ0n) is 16.0. The molecule has 1 heterocycles. The van der Waals surface area contributed by atoms with Gasteiger partial charge in [0.25, 0.3) is 0 Å². The molecular formula is C20H22BrNO6. The van der Waals surface area contributed by atoms with Crippen LogP contribution in [0.5, 0.6) is 28.7 Å². The molecule has 150 valence electrons. The Labute approximate surface area is 172 Å². The van der Waals surface area contributed by atoms with E-state index in [-0.39, 0.29) is 5.91 Å². The number of fused-ring (bicyclic) bond motifs is 1. The predicted molar refractivity (Wildman–Crippen MR) is 108 cm³/mol. The Balaban J connectivity index is 1.68. The van der Waals surface area contributed by atoms with Gasteiger partial charge in [-0.15, -0.1) is 0 Å². The third-order valence-electron chi connectivity index (χ3n) is 4.27. The maximum atomic E-state index is 12.4. The third kappa shape index (κ3) is 4.44. The van der Waals surface area contributed by atoms with E-state index in [2.05, 4.69) is 21.2 Å². The third-order valence-corrected chi connectivity index (χ3v) is 4.93. The maximum Gasteiger partial charge on any atom is 0.224 e. The molecule has 1 aliphatic heterocycles. The van der Waals surface area contributed by atoms with Crippen molar-refractivity contribution in [2.75, 3.05) is 39.9 Å². The van der Waals surface area contributed by atoms with Crippen LogP contribution in [0, 0.1) is 0 Å². The Morgan fingerprint density at radius 1 is 1.00 bits per heavy atom. The van der Waals surface area contributed by atoms with Gasteiger partial charge in [0, 0.05) is 23.0 Å². The molecule has 0 bridgehead atoms. The summed E-state index contributed by atoms with van der Waals surface area (Å²) in [6, 6.07) is 7.24. The number of anilines is 1. The second-order valence-corrected chi connectivity index (χ2v) is 6.91. The molecule has 0 radical (unpaired) electrons. The summed E-state index contributed by atoms with van der Waals surface area (Å²) in [5.74, 6) is 2.81. The van der Waals surface area contributed by atoms with Crippen molar-refractivity contribution in [3.63, 3.8) is 0 Å². The van der Waals surface area contributed by atoms with Gasteiger partial charge in [0.05, 0.1) is 27.0 Å². The first-order chi connectivity index (χ1) is 13.5. The summed E-state index contributed by atoms with van der Waals surface area (Å²) in [5, 5.41) is 2.90. The highest BCUT2D eigenvalue weighted by molar-refractivity contribution is 9.10. The van der Waals surface area contributed by atoms with Crippen molar-refractivity contribution < 1.29 is 28.5 Å². The van der Waals surface area contributed by atoms with Crippen molar-refractivity contribution in [1.82, 2.24) is 0 Å². The van der Waals surface area contributed by atoms with Crippen LogP contribution in [-0.2, 0) is 11.2 Å². The van der Waals surface area contributed by atoms with Gasteiger partial charge in [-0.1, -0.05) is 0 Å². The van der Waals surface area contributed by atoms with Crippen LogP contribution in [0.4, 0.5) is 5.69 Å². The number of halogens is 1. The number of carbonyl (C=O) groups excluding carboxylic acids is 1. The highest BCUT2D eigenvalue weighted by Gasteiger charge is 2.17. The van der Waals surface area contributed by atoms with Crippen molar-refractivity contribution in [2.24, 2.45) is 0 Å². The molecule has 2 aromatic rings. The average Bonchev–Trinajstić information content (AvgIpc) is 2.71. The number of carbonyl (C=O) groups is 1. The first kappa shape index (κ1) is 20.1. The number of amides is 1. The lowest BCUT2D eigenvalue weighted by molar-refractivity contribution is -0.116. The number of rotatable bonds is 7. The van der Waals surface area contributed by atoms with E-state index < -0.39 is 0 Å². The van der Waals surface area contributed by atoms with Crippen molar-refractivity contribution in [2.45, 2.75) is 12.8 Å². The summed E-state index contributed by atoms with van der Waals surface area (Å²) >= 11 is 3.46. The van der Waals surface area contributed by atoms with Crippen LogP contribution in [0.1, 0.15) is 12.0 Å². The maximum absolute atomic E-state index is 12.4. The van der Waals surface area contributed by atoms with Gasteiger partial charge in [-0.05, 0) is 40.0 Å². The number of benzene rings is 2. The topological polar surface area (TPSA) is 75.3 Å². The summed E-state index contributed by atoms with van der Waals surface area (Å²) in [6.45, 7) is 1.00. The minimum Gasteiger partial charge on any atom is -0.493 e. The number of ether oxygens (including phenoxy) is 5. The number of hydrogen-bond acceptors (Lipinski definition) is 6. The Morgan fingerprint density at radius 2 is 1.61 bits per heavy atom. The summed E-state index contributed by atoms with van der Waals surface area (Å²) in [6.07, 6.45) is 0.810. The average molecular weight is 452 g/mol. The fourth-order valence-corrected chi connectivity index (χ4v) is 3.33. The number of hydrogen-bond donors (Lipinski definition) is 1. The second-order valence-electron chi connectivity index (χ2n) is 6.06. The Bertz CT molecular complexity index is 845. The molecule has 1 aliphatic rings. The van der Waals surface area contributed by atoms with Gasteiger partial charge in [0.1, 0.15) is 13.2 Å². The van der Waals surface area contributed by atoms with Crippen molar-refractivity contribution in [3.8, 4) is 28.7 Å². The molecule has 0 unspecified atom stereocenters. The highest BCUT2D eigenvalue weighted by atomic mass is 79.9. The molecule has 1 N–H and O–H groups in total. The van der Waals surface area contributed by atoms with E-state index in [0.29, 0.717) is 60.5 Å². The van der Waals surface area contributed by atoms with E-state index in [1.165, 1.54) is 0 Å². The Morgan fingerprint density at radius 3 is 2.18 bits per heavy atom. The van der Waals surface area contributed by atoms with Gasteiger partial charge in [-0.25, -0.2) is 0 Å². The fourth-order valence-electron chi connectivity index (χ4n) is 2.91. The molecule has 0 fully saturated rings. The largest absolute Gasteiger partial charge is 0.493 e. The normalized spacial score (nSPS) is 12.3. The van der Waals surface area contributed by atoms with Crippen LogP contribution < -0.4 is 29.0 Å². The SMILES string of the molecule is COc1cc(CCC(=O)Nc2cc3c(cc2Br)OCCO3)cc(OC)c1OC. The van der Waals surface area contributed by atoms with E-state index in [0.717, 1.165) is 10.0 Å². The molecule has 28 heavy (non-hydrogen) atoms. The zero-order chi connectivity index (χ0) is 20.1. The molecule has 0 atom stereocenters.